The molecule has 2 aromatic heterocycles. The van der Waals surface area contributed by atoms with Gasteiger partial charge in [0, 0.05) is 7.11 Å². The van der Waals surface area contributed by atoms with Crippen LogP contribution < -0.4 is 0 Å². The average Bonchev–Trinajstić information content (AvgIpc) is 2.92. The lowest BCUT2D eigenvalue weighted by atomic mass is 10.3. The van der Waals surface area contributed by atoms with Crippen LogP contribution in [0.1, 0.15) is 21.2 Å². The first kappa shape index (κ1) is 14.3. The Morgan fingerprint density at radius 2 is 2.10 bits per heavy atom. The Morgan fingerprint density at radius 1 is 1.40 bits per heavy atom. The van der Waals surface area contributed by atoms with Crippen molar-refractivity contribution in [2.45, 2.75) is 12.8 Å². The molecule has 2 heterocycles. The van der Waals surface area contributed by atoms with Crippen LogP contribution in [0.4, 0.5) is 13.2 Å². The number of hydrogen-bond acceptors (Lipinski definition) is 7. The average molecular weight is 309 g/mol. The van der Waals surface area contributed by atoms with E-state index in [1.54, 1.807) is 0 Å². The molecule has 0 atom stereocenters. The lowest BCUT2D eigenvalue weighted by Gasteiger charge is -2.06. The molecule has 0 aromatic carbocycles. The number of carboxylic acid groups (broad SMARTS) is 1. The molecule has 2 aromatic rings. The number of aromatic nitrogens is 5. The molecule has 20 heavy (non-hydrogen) atoms. The van der Waals surface area contributed by atoms with Gasteiger partial charge in [0.1, 0.15) is 11.6 Å². The normalized spacial score (nSPS) is 11.8. The second-order valence-corrected chi connectivity index (χ2v) is 4.45. The molecule has 0 aliphatic heterocycles. The van der Waals surface area contributed by atoms with E-state index >= 15 is 0 Å². The Labute approximate surface area is 112 Å². The highest BCUT2D eigenvalue weighted by Gasteiger charge is 2.42. The van der Waals surface area contributed by atoms with Gasteiger partial charge in [-0.3, -0.25) is 0 Å². The molecule has 0 unspecified atom stereocenters. The number of methoxy groups -OCH3 is 1. The van der Waals surface area contributed by atoms with Crippen molar-refractivity contribution in [3.8, 4) is 5.13 Å². The van der Waals surface area contributed by atoms with E-state index in [2.05, 4.69) is 20.5 Å². The van der Waals surface area contributed by atoms with Gasteiger partial charge in [-0.2, -0.15) is 17.9 Å². The number of aromatic carboxylic acids is 1. The predicted molar refractivity (Wildman–Crippen MR) is 57.5 cm³/mol. The molecule has 0 bridgehead atoms. The summed E-state index contributed by atoms with van der Waals surface area (Å²) in [6.45, 7) is 0.0690. The third-order valence-corrected chi connectivity index (χ3v) is 2.92. The van der Waals surface area contributed by atoms with Crippen molar-refractivity contribution >= 4 is 17.3 Å². The van der Waals surface area contributed by atoms with E-state index in [-0.39, 0.29) is 11.7 Å². The van der Waals surface area contributed by atoms with Crippen molar-refractivity contribution in [2.75, 3.05) is 7.11 Å². The summed E-state index contributed by atoms with van der Waals surface area (Å²) in [6.07, 6.45) is -4.94. The van der Waals surface area contributed by atoms with Gasteiger partial charge < -0.3 is 9.84 Å². The zero-order chi connectivity index (χ0) is 14.9. The Bertz CT molecular complexity index is 638. The van der Waals surface area contributed by atoms with Gasteiger partial charge >= 0.3 is 12.1 Å². The second kappa shape index (κ2) is 5.13. The summed E-state index contributed by atoms with van der Waals surface area (Å²) in [7, 11) is 1.39. The first-order chi connectivity index (χ1) is 9.34. The molecule has 0 saturated heterocycles. The van der Waals surface area contributed by atoms with Gasteiger partial charge in [0.2, 0.25) is 10.8 Å². The van der Waals surface area contributed by atoms with E-state index in [0.717, 1.165) is 11.3 Å². The number of halogens is 3. The fraction of sp³-hybridized carbons (Fsp3) is 0.375. The number of carboxylic acids is 1. The first-order valence-electron chi connectivity index (χ1n) is 4.92. The van der Waals surface area contributed by atoms with Crippen LogP contribution in [0.3, 0.4) is 0 Å². The molecule has 0 fully saturated rings. The maximum absolute atomic E-state index is 12.9. The molecule has 0 spiro atoms. The number of hydrogen-bond donors (Lipinski definition) is 1. The largest absolute Gasteiger partial charge is 0.476 e. The minimum atomic E-state index is -4.94. The summed E-state index contributed by atoms with van der Waals surface area (Å²) in [4.78, 5) is 10.8. The van der Waals surface area contributed by atoms with Gasteiger partial charge in [-0.05, 0) is 0 Å². The molecule has 12 heteroatoms. The van der Waals surface area contributed by atoms with E-state index in [0.29, 0.717) is 9.69 Å². The molecular formula is C8H6F3N5O3S. The maximum Gasteiger partial charge on any atom is 0.436 e. The van der Waals surface area contributed by atoms with E-state index < -0.39 is 23.5 Å². The highest BCUT2D eigenvalue weighted by molar-refractivity contribution is 7.13. The van der Waals surface area contributed by atoms with E-state index in [1.165, 1.54) is 7.11 Å². The standard InChI is InChI=1S/C8H6F3N5O3S/c1-19-2-3-12-14-7(20-3)16-5(8(9,10)11)4(6(17)18)13-15-16/h2H2,1H3,(H,17,18). The van der Waals surface area contributed by atoms with E-state index in [1.807, 2.05) is 0 Å². The van der Waals surface area contributed by atoms with Crippen molar-refractivity contribution in [2.24, 2.45) is 0 Å². The Balaban J connectivity index is 2.53. The number of rotatable bonds is 4. The van der Waals surface area contributed by atoms with Crippen molar-refractivity contribution in [1.82, 2.24) is 25.2 Å². The van der Waals surface area contributed by atoms with Crippen molar-refractivity contribution < 1.29 is 27.8 Å². The minimum absolute atomic E-state index is 0.0690. The van der Waals surface area contributed by atoms with Gasteiger partial charge in [-0.25, -0.2) is 4.79 Å². The monoisotopic (exact) mass is 309 g/mol. The van der Waals surface area contributed by atoms with Crippen LogP contribution in [0.25, 0.3) is 5.13 Å². The number of alkyl halides is 3. The van der Waals surface area contributed by atoms with E-state index in [9.17, 15) is 18.0 Å². The van der Waals surface area contributed by atoms with E-state index in [4.69, 9.17) is 9.84 Å². The first-order valence-corrected chi connectivity index (χ1v) is 5.74. The zero-order valence-electron chi connectivity index (χ0n) is 9.75. The fourth-order valence-corrected chi connectivity index (χ4v) is 2.09. The predicted octanol–water partition coefficient (Wildman–Crippen LogP) is 0.982. The Morgan fingerprint density at radius 3 is 2.65 bits per heavy atom. The Hall–Kier alpha value is -2.08. The van der Waals surface area contributed by atoms with Crippen LogP contribution in [-0.4, -0.2) is 43.4 Å². The third kappa shape index (κ3) is 2.60. The van der Waals surface area contributed by atoms with Crippen LogP contribution in [0.5, 0.6) is 0 Å². The molecule has 0 amide bonds. The molecule has 8 nitrogen and oxygen atoms in total. The van der Waals surface area contributed by atoms with Gasteiger partial charge in [0.05, 0.1) is 0 Å². The van der Waals surface area contributed by atoms with Crippen LogP contribution in [-0.2, 0) is 17.5 Å². The number of carbonyl (C=O) groups is 1. The lowest BCUT2D eigenvalue weighted by molar-refractivity contribution is -0.143. The summed E-state index contributed by atoms with van der Waals surface area (Å²) in [5, 5.41) is 22.1. The van der Waals surface area contributed by atoms with Gasteiger partial charge in [0.15, 0.2) is 5.69 Å². The van der Waals surface area contributed by atoms with Crippen LogP contribution in [0, 0.1) is 0 Å². The summed E-state index contributed by atoms with van der Waals surface area (Å²) in [5.74, 6) is -1.83. The molecule has 1 N–H and O–H groups in total. The fourth-order valence-electron chi connectivity index (χ4n) is 1.33. The van der Waals surface area contributed by atoms with Crippen LogP contribution in [0.15, 0.2) is 0 Å². The quantitative estimate of drug-likeness (QED) is 0.898. The van der Waals surface area contributed by atoms with Crippen LogP contribution >= 0.6 is 11.3 Å². The number of nitrogens with zero attached hydrogens (tertiary/aromatic N) is 5. The second-order valence-electron chi connectivity index (χ2n) is 3.41. The maximum atomic E-state index is 12.9. The molecule has 0 radical (unpaired) electrons. The zero-order valence-corrected chi connectivity index (χ0v) is 10.6. The molecule has 0 aliphatic carbocycles. The van der Waals surface area contributed by atoms with Gasteiger partial charge in [-0.1, -0.05) is 16.6 Å². The molecule has 108 valence electrons. The summed E-state index contributed by atoms with van der Waals surface area (Å²) < 4.78 is 43.8. The van der Waals surface area contributed by atoms with Crippen LogP contribution in [0.2, 0.25) is 0 Å². The molecular weight excluding hydrogens is 303 g/mol. The number of ether oxygens (including phenoxy) is 1. The topological polar surface area (TPSA) is 103 Å². The SMILES string of the molecule is COCc1nnc(-n2nnc(C(=O)O)c2C(F)(F)F)s1. The van der Waals surface area contributed by atoms with Crippen molar-refractivity contribution in [1.29, 1.82) is 0 Å². The minimum Gasteiger partial charge on any atom is -0.476 e. The van der Waals surface area contributed by atoms with Gasteiger partial charge in [-0.15, -0.1) is 15.3 Å². The van der Waals surface area contributed by atoms with Crippen molar-refractivity contribution in [3.05, 3.63) is 16.4 Å². The summed E-state index contributed by atoms with van der Waals surface area (Å²) >= 11 is 0.786. The Kier molecular flexibility index (Phi) is 3.67. The van der Waals surface area contributed by atoms with Gasteiger partial charge in [0.25, 0.3) is 0 Å². The van der Waals surface area contributed by atoms with Crippen molar-refractivity contribution in [3.63, 3.8) is 0 Å². The summed E-state index contributed by atoms with van der Waals surface area (Å²) in [5.41, 5.74) is -2.70. The highest BCUT2D eigenvalue weighted by atomic mass is 32.1. The highest BCUT2D eigenvalue weighted by Crippen LogP contribution is 2.33. The smallest absolute Gasteiger partial charge is 0.436 e. The molecule has 0 saturated carbocycles. The summed E-state index contributed by atoms with van der Waals surface area (Å²) in [6, 6.07) is 0. The lowest BCUT2D eigenvalue weighted by Crippen LogP contribution is -2.17. The molecule has 2 rings (SSSR count). The molecule has 0 aliphatic rings. The third-order valence-electron chi connectivity index (χ3n) is 2.05.